The third-order valence-corrected chi connectivity index (χ3v) is 3.17. The van der Waals surface area contributed by atoms with Crippen LogP contribution in [0.2, 0.25) is 0 Å². The number of carbonyl (C=O) groups excluding carboxylic acids is 1. The van der Waals surface area contributed by atoms with Gasteiger partial charge in [0.15, 0.2) is 0 Å². The van der Waals surface area contributed by atoms with Gasteiger partial charge in [-0.15, -0.1) is 0 Å². The van der Waals surface area contributed by atoms with Crippen LogP contribution >= 0.6 is 0 Å². The van der Waals surface area contributed by atoms with E-state index in [4.69, 9.17) is 5.73 Å². The molecular weight excluding hydrogens is 204 g/mol. The van der Waals surface area contributed by atoms with Gasteiger partial charge in [0, 0.05) is 11.9 Å². The molecule has 1 aliphatic rings. The maximum Gasteiger partial charge on any atom is 0.237 e. The maximum absolute atomic E-state index is 11.3. The van der Waals surface area contributed by atoms with Gasteiger partial charge in [0.1, 0.15) is 6.33 Å². The second-order valence-corrected chi connectivity index (χ2v) is 4.18. The molecule has 0 aliphatic carbocycles. The molecule has 1 atom stereocenters. The summed E-state index contributed by atoms with van der Waals surface area (Å²) in [7, 11) is 0. The molecule has 1 fully saturated rings. The molecule has 1 amide bonds. The average molecular weight is 220 g/mol. The molecule has 3 N–H and O–H groups in total. The molecule has 16 heavy (non-hydrogen) atoms. The Balaban J connectivity index is 1.82. The van der Waals surface area contributed by atoms with Crippen molar-refractivity contribution in [3.63, 3.8) is 0 Å². The summed E-state index contributed by atoms with van der Waals surface area (Å²) in [5.41, 5.74) is 5.94. The quantitative estimate of drug-likeness (QED) is 0.733. The molecule has 1 unspecified atom stereocenters. The molecule has 1 aromatic heterocycles. The monoisotopic (exact) mass is 220 g/mol. The molecular formula is C11H16N4O. The first kappa shape index (κ1) is 11.0. The molecule has 0 bridgehead atoms. The zero-order chi connectivity index (χ0) is 11.4. The topological polar surface area (TPSA) is 80.9 Å². The van der Waals surface area contributed by atoms with Gasteiger partial charge in [-0.2, -0.15) is 0 Å². The molecule has 0 aromatic carbocycles. The number of aryl methyl sites for hydroxylation is 1. The molecule has 86 valence electrons. The van der Waals surface area contributed by atoms with Crippen molar-refractivity contribution in [3.8, 4) is 0 Å². The van der Waals surface area contributed by atoms with Crippen molar-refractivity contribution in [2.24, 2.45) is 5.73 Å². The van der Waals surface area contributed by atoms with E-state index in [2.05, 4.69) is 15.3 Å². The zero-order valence-corrected chi connectivity index (χ0v) is 9.15. The highest BCUT2D eigenvalue weighted by Crippen LogP contribution is 2.24. The van der Waals surface area contributed by atoms with E-state index in [0.717, 1.165) is 37.9 Å². The van der Waals surface area contributed by atoms with Crippen molar-refractivity contribution >= 4 is 5.91 Å². The number of nitrogens with one attached hydrogen (secondary N) is 1. The Hall–Kier alpha value is -1.49. The first-order valence-electron chi connectivity index (χ1n) is 5.53. The summed E-state index contributed by atoms with van der Waals surface area (Å²) in [6, 6.07) is 1.89. The van der Waals surface area contributed by atoms with Crippen LogP contribution < -0.4 is 11.1 Å². The first-order valence-corrected chi connectivity index (χ1v) is 5.53. The summed E-state index contributed by atoms with van der Waals surface area (Å²) in [6.07, 6.45) is 6.68. The highest BCUT2D eigenvalue weighted by atomic mass is 16.1. The van der Waals surface area contributed by atoms with Crippen LogP contribution in [0.25, 0.3) is 0 Å². The van der Waals surface area contributed by atoms with E-state index in [9.17, 15) is 4.79 Å². The lowest BCUT2D eigenvalue weighted by atomic mass is 9.82. The lowest BCUT2D eigenvalue weighted by Gasteiger charge is -2.40. The number of hydrogen-bond acceptors (Lipinski definition) is 4. The minimum atomic E-state index is -0.451. The van der Waals surface area contributed by atoms with Gasteiger partial charge in [0.05, 0.1) is 5.54 Å². The summed E-state index contributed by atoms with van der Waals surface area (Å²) in [6.45, 7) is 0.885. The number of aromatic nitrogens is 2. The fraction of sp³-hybridized carbons (Fsp3) is 0.545. The van der Waals surface area contributed by atoms with Crippen LogP contribution in [0.1, 0.15) is 25.0 Å². The van der Waals surface area contributed by atoms with Crippen LogP contribution in [0.15, 0.2) is 18.6 Å². The van der Waals surface area contributed by atoms with E-state index in [-0.39, 0.29) is 5.91 Å². The highest BCUT2D eigenvalue weighted by Gasteiger charge is 2.41. The number of carbonyl (C=O) groups is 1. The fourth-order valence-corrected chi connectivity index (χ4v) is 2.01. The van der Waals surface area contributed by atoms with E-state index in [1.807, 2.05) is 6.07 Å². The Morgan fingerprint density at radius 3 is 2.94 bits per heavy atom. The standard InChI is InChI=1S/C11H16N4O/c12-10(16)11(5-7-15-11)4-1-2-9-3-6-13-8-14-9/h3,6,8,15H,1-2,4-5,7H2,(H2,12,16). The molecule has 1 saturated heterocycles. The Labute approximate surface area is 94.5 Å². The highest BCUT2D eigenvalue weighted by molar-refractivity contribution is 5.85. The first-order chi connectivity index (χ1) is 7.73. The van der Waals surface area contributed by atoms with Crippen molar-refractivity contribution in [1.82, 2.24) is 15.3 Å². The molecule has 0 radical (unpaired) electrons. The maximum atomic E-state index is 11.3. The fourth-order valence-electron chi connectivity index (χ4n) is 2.01. The van der Waals surface area contributed by atoms with Crippen molar-refractivity contribution < 1.29 is 4.79 Å². The minimum Gasteiger partial charge on any atom is -0.368 e. The Morgan fingerprint density at radius 1 is 1.62 bits per heavy atom. The molecule has 5 nitrogen and oxygen atoms in total. The molecule has 1 aliphatic heterocycles. The van der Waals surface area contributed by atoms with Crippen LogP contribution in [-0.2, 0) is 11.2 Å². The number of primary amides is 1. The van der Waals surface area contributed by atoms with Gasteiger partial charge >= 0.3 is 0 Å². The van der Waals surface area contributed by atoms with Crippen LogP contribution in [-0.4, -0.2) is 28.0 Å². The normalized spacial score (nSPS) is 23.8. The van der Waals surface area contributed by atoms with Crippen LogP contribution in [0, 0.1) is 0 Å². The van der Waals surface area contributed by atoms with E-state index < -0.39 is 5.54 Å². The SMILES string of the molecule is NC(=O)C1(CCCc2ccncn2)CCN1. The smallest absolute Gasteiger partial charge is 0.237 e. The zero-order valence-electron chi connectivity index (χ0n) is 9.15. The van der Waals surface area contributed by atoms with Crippen molar-refractivity contribution in [3.05, 3.63) is 24.3 Å². The second kappa shape index (κ2) is 4.57. The van der Waals surface area contributed by atoms with Gasteiger partial charge in [-0.05, 0) is 38.3 Å². The minimum absolute atomic E-state index is 0.235. The van der Waals surface area contributed by atoms with E-state index >= 15 is 0 Å². The Morgan fingerprint density at radius 2 is 2.44 bits per heavy atom. The van der Waals surface area contributed by atoms with Crippen molar-refractivity contribution in [2.45, 2.75) is 31.2 Å². The van der Waals surface area contributed by atoms with Crippen LogP contribution in [0.5, 0.6) is 0 Å². The Bertz CT molecular complexity index is 362. The summed E-state index contributed by atoms with van der Waals surface area (Å²) >= 11 is 0. The van der Waals surface area contributed by atoms with Crippen molar-refractivity contribution in [2.75, 3.05) is 6.54 Å². The molecule has 5 heteroatoms. The third kappa shape index (κ3) is 2.19. The number of nitrogens with zero attached hydrogens (tertiary/aromatic N) is 2. The summed E-state index contributed by atoms with van der Waals surface area (Å²) in [5, 5.41) is 3.14. The van der Waals surface area contributed by atoms with Gasteiger partial charge in [-0.1, -0.05) is 0 Å². The molecule has 0 saturated carbocycles. The van der Waals surface area contributed by atoms with E-state index in [1.54, 1.807) is 12.5 Å². The van der Waals surface area contributed by atoms with E-state index in [1.165, 1.54) is 0 Å². The van der Waals surface area contributed by atoms with Gasteiger partial charge in [-0.3, -0.25) is 4.79 Å². The molecule has 1 aromatic rings. The third-order valence-electron chi connectivity index (χ3n) is 3.17. The van der Waals surface area contributed by atoms with Gasteiger partial charge in [0.25, 0.3) is 0 Å². The van der Waals surface area contributed by atoms with Crippen LogP contribution in [0.3, 0.4) is 0 Å². The number of hydrogen-bond donors (Lipinski definition) is 2. The predicted molar refractivity (Wildman–Crippen MR) is 59.5 cm³/mol. The van der Waals surface area contributed by atoms with Gasteiger partial charge < -0.3 is 11.1 Å². The van der Waals surface area contributed by atoms with Gasteiger partial charge in [-0.25, -0.2) is 9.97 Å². The lowest BCUT2D eigenvalue weighted by molar-refractivity contribution is -0.127. The predicted octanol–water partition coefficient (Wildman–Crippen LogP) is 0.0167. The van der Waals surface area contributed by atoms with Crippen molar-refractivity contribution in [1.29, 1.82) is 0 Å². The molecule has 2 rings (SSSR count). The number of nitrogens with two attached hydrogens (primary N) is 1. The largest absolute Gasteiger partial charge is 0.368 e. The number of amides is 1. The Kier molecular flexibility index (Phi) is 3.14. The second-order valence-electron chi connectivity index (χ2n) is 4.18. The average Bonchev–Trinajstić information content (AvgIpc) is 2.23. The summed E-state index contributed by atoms with van der Waals surface area (Å²) < 4.78 is 0. The van der Waals surface area contributed by atoms with Crippen LogP contribution in [0.4, 0.5) is 0 Å². The van der Waals surface area contributed by atoms with E-state index in [0.29, 0.717) is 0 Å². The number of rotatable bonds is 5. The molecule has 2 heterocycles. The summed E-state index contributed by atoms with van der Waals surface area (Å²) in [4.78, 5) is 19.3. The lowest BCUT2D eigenvalue weighted by Crippen LogP contribution is -2.64. The van der Waals surface area contributed by atoms with Gasteiger partial charge in [0.2, 0.25) is 5.91 Å². The molecule has 0 spiro atoms. The summed E-state index contributed by atoms with van der Waals surface area (Å²) in [5.74, 6) is -0.235.